The second kappa shape index (κ2) is 4.75. The van der Waals surface area contributed by atoms with Gasteiger partial charge in [0.15, 0.2) is 5.82 Å². The first kappa shape index (κ1) is 11.8. The molecule has 2 N–H and O–H groups in total. The van der Waals surface area contributed by atoms with Crippen LogP contribution in [0.25, 0.3) is 0 Å². The van der Waals surface area contributed by atoms with Crippen molar-refractivity contribution in [2.24, 2.45) is 5.41 Å². The summed E-state index contributed by atoms with van der Waals surface area (Å²) in [7, 11) is 0. The summed E-state index contributed by atoms with van der Waals surface area (Å²) in [5.41, 5.74) is 7.30. The van der Waals surface area contributed by atoms with Crippen LogP contribution in [0.1, 0.15) is 44.9 Å². The van der Waals surface area contributed by atoms with Crippen molar-refractivity contribution in [2.45, 2.75) is 44.9 Å². The number of hydrogen-bond donors (Lipinski definition) is 1. The van der Waals surface area contributed by atoms with E-state index in [1.54, 1.807) is 12.5 Å². The second-order valence-electron chi connectivity index (χ2n) is 5.85. The third-order valence-corrected chi connectivity index (χ3v) is 4.76. The van der Waals surface area contributed by atoms with Crippen molar-refractivity contribution in [2.75, 3.05) is 23.7 Å². The molecular weight excluding hydrogens is 224 g/mol. The molecule has 4 nitrogen and oxygen atoms in total. The third kappa shape index (κ3) is 2.16. The molecule has 3 rings (SSSR count). The molecule has 0 amide bonds. The zero-order valence-electron chi connectivity index (χ0n) is 10.9. The predicted octanol–water partition coefficient (Wildman–Crippen LogP) is 2.61. The van der Waals surface area contributed by atoms with Gasteiger partial charge in [-0.05, 0) is 31.1 Å². The zero-order valence-corrected chi connectivity index (χ0v) is 10.9. The number of nitrogens with zero attached hydrogens (tertiary/aromatic N) is 3. The van der Waals surface area contributed by atoms with Crippen molar-refractivity contribution in [3.63, 3.8) is 0 Å². The lowest BCUT2D eigenvalue weighted by Crippen LogP contribution is -2.41. The quantitative estimate of drug-likeness (QED) is 0.827. The Hall–Kier alpha value is -1.32. The maximum Gasteiger partial charge on any atom is 0.155 e. The molecular formula is C14H22N4. The fraction of sp³-hybridized carbons (Fsp3) is 0.714. The molecule has 2 aliphatic rings. The molecule has 2 fully saturated rings. The van der Waals surface area contributed by atoms with Crippen molar-refractivity contribution in [3.8, 4) is 0 Å². The number of nitrogen functional groups attached to an aromatic ring is 1. The van der Waals surface area contributed by atoms with E-state index >= 15 is 0 Å². The van der Waals surface area contributed by atoms with Gasteiger partial charge in [-0.1, -0.05) is 19.3 Å². The molecule has 1 aromatic heterocycles. The average Bonchev–Trinajstić information content (AvgIpc) is 2.42. The molecule has 0 unspecified atom stereocenters. The summed E-state index contributed by atoms with van der Waals surface area (Å²) in [4.78, 5) is 10.6. The van der Waals surface area contributed by atoms with Crippen LogP contribution in [0.5, 0.6) is 0 Å². The maximum atomic E-state index is 5.95. The summed E-state index contributed by atoms with van der Waals surface area (Å²) < 4.78 is 0. The first-order valence-corrected chi connectivity index (χ1v) is 7.10. The van der Waals surface area contributed by atoms with Crippen LogP contribution < -0.4 is 10.6 Å². The first-order valence-electron chi connectivity index (χ1n) is 7.10. The van der Waals surface area contributed by atoms with Crippen molar-refractivity contribution in [1.29, 1.82) is 0 Å². The Bertz CT molecular complexity index is 402. The fourth-order valence-corrected chi connectivity index (χ4v) is 3.59. The van der Waals surface area contributed by atoms with Gasteiger partial charge in [0.05, 0.1) is 11.9 Å². The van der Waals surface area contributed by atoms with Gasteiger partial charge in [0.25, 0.3) is 0 Å². The monoisotopic (exact) mass is 246 g/mol. The lowest BCUT2D eigenvalue weighted by Gasteiger charge is -2.44. The molecule has 0 atom stereocenters. The van der Waals surface area contributed by atoms with Gasteiger partial charge in [-0.3, -0.25) is 0 Å². The highest BCUT2D eigenvalue weighted by Gasteiger charge is 2.35. The summed E-state index contributed by atoms with van der Waals surface area (Å²) in [6, 6.07) is 0. The smallest absolute Gasteiger partial charge is 0.155 e. The van der Waals surface area contributed by atoms with Gasteiger partial charge < -0.3 is 10.6 Å². The van der Waals surface area contributed by atoms with E-state index in [0.29, 0.717) is 11.1 Å². The van der Waals surface area contributed by atoms with E-state index in [9.17, 15) is 0 Å². The summed E-state index contributed by atoms with van der Waals surface area (Å²) in [5, 5.41) is 0. The number of rotatable bonds is 1. The Morgan fingerprint density at radius 1 is 1.06 bits per heavy atom. The van der Waals surface area contributed by atoms with Crippen LogP contribution in [-0.4, -0.2) is 23.1 Å². The van der Waals surface area contributed by atoms with E-state index < -0.39 is 0 Å². The van der Waals surface area contributed by atoms with E-state index in [2.05, 4.69) is 14.9 Å². The van der Waals surface area contributed by atoms with Gasteiger partial charge in [0.1, 0.15) is 6.33 Å². The van der Waals surface area contributed by atoms with Gasteiger partial charge in [0, 0.05) is 13.1 Å². The van der Waals surface area contributed by atoms with Crippen LogP contribution in [0.2, 0.25) is 0 Å². The maximum absolute atomic E-state index is 5.95. The largest absolute Gasteiger partial charge is 0.394 e. The molecule has 0 bridgehead atoms. The number of aromatic nitrogens is 2. The Kier molecular flexibility index (Phi) is 3.10. The van der Waals surface area contributed by atoms with Crippen molar-refractivity contribution < 1.29 is 0 Å². The summed E-state index contributed by atoms with van der Waals surface area (Å²) in [6.07, 6.45) is 13.0. The minimum absolute atomic E-state index is 0.635. The van der Waals surface area contributed by atoms with Gasteiger partial charge in [-0.15, -0.1) is 0 Å². The Morgan fingerprint density at radius 2 is 1.78 bits per heavy atom. The summed E-state index contributed by atoms with van der Waals surface area (Å²) in [6.45, 7) is 2.20. The Balaban J connectivity index is 1.68. The van der Waals surface area contributed by atoms with Crippen molar-refractivity contribution in [1.82, 2.24) is 9.97 Å². The Labute approximate surface area is 109 Å². The fourth-order valence-electron chi connectivity index (χ4n) is 3.59. The highest BCUT2D eigenvalue weighted by Crippen LogP contribution is 2.45. The number of anilines is 2. The van der Waals surface area contributed by atoms with Crippen LogP contribution in [0.15, 0.2) is 12.5 Å². The number of hydrogen-bond acceptors (Lipinski definition) is 4. The van der Waals surface area contributed by atoms with Gasteiger partial charge in [0.2, 0.25) is 0 Å². The molecule has 1 aliphatic carbocycles. The Morgan fingerprint density at radius 3 is 2.44 bits per heavy atom. The van der Waals surface area contributed by atoms with Crippen molar-refractivity contribution in [3.05, 3.63) is 12.5 Å². The average molecular weight is 246 g/mol. The molecule has 0 radical (unpaired) electrons. The van der Waals surface area contributed by atoms with E-state index in [0.717, 1.165) is 18.9 Å². The summed E-state index contributed by atoms with van der Waals surface area (Å²) in [5.74, 6) is 0.927. The third-order valence-electron chi connectivity index (χ3n) is 4.76. The normalized spacial score (nSPS) is 23.2. The first-order chi connectivity index (χ1) is 8.79. The molecule has 1 aliphatic heterocycles. The SMILES string of the molecule is Nc1cncnc1N1CCC2(CCCCC2)CC1. The van der Waals surface area contributed by atoms with Gasteiger partial charge in [-0.2, -0.15) is 0 Å². The van der Waals surface area contributed by atoms with E-state index in [-0.39, 0.29) is 0 Å². The van der Waals surface area contributed by atoms with Gasteiger partial charge in [-0.25, -0.2) is 9.97 Å². The molecule has 4 heteroatoms. The number of nitrogens with two attached hydrogens (primary N) is 1. The topological polar surface area (TPSA) is 55.0 Å². The molecule has 18 heavy (non-hydrogen) atoms. The van der Waals surface area contributed by atoms with Crippen LogP contribution in [0, 0.1) is 5.41 Å². The van der Waals surface area contributed by atoms with Crippen LogP contribution in [0.3, 0.4) is 0 Å². The lowest BCUT2D eigenvalue weighted by molar-refractivity contribution is 0.144. The highest BCUT2D eigenvalue weighted by atomic mass is 15.2. The van der Waals surface area contributed by atoms with Gasteiger partial charge >= 0.3 is 0 Å². The van der Waals surface area contributed by atoms with E-state index in [1.807, 2.05) is 0 Å². The highest BCUT2D eigenvalue weighted by molar-refractivity contribution is 5.61. The molecule has 98 valence electrons. The molecule has 1 spiro atoms. The molecule has 0 aromatic carbocycles. The molecule has 1 saturated heterocycles. The minimum atomic E-state index is 0.635. The predicted molar refractivity (Wildman–Crippen MR) is 73.4 cm³/mol. The van der Waals surface area contributed by atoms with E-state index in [4.69, 9.17) is 5.73 Å². The van der Waals surface area contributed by atoms with Crippen LogP contribution in [-0.2, 0) is 0 Å². The summed E-state index contributed by atoms with van der Waals surface area (Å²) >= 11 is 0. The molecule has 2 heterocycles. The lowest BCUT2D eigenvalue weighted by atomic mass is 9.68. The van der Waals surface area contributed by atoms with E-state index in [1.165, 1.54) is 44.9 Å². The zero-order chi connectivity index (χ0) is 12.4. The number of piperidine rings is 1. The standard InChI is InChI=1S/C14H22N4/c15-12-10-16-11-17-13(12)18-8-6-14(7-9-18)4-2-1-3-5-14/h10-11H,1-9,15H2. The minimum Gasteiger partial charge on any atom is -0.394 e. The molecule has 1 aromatic rings. The van der Waals surface area contributed by atoms with Crippen molar-refractivity contribution >= 4 is 11.5 Å². The second-order valence-corrected chi connectivity index (χ2v) is 5.85. The van der Waals surface area contributed by atoms with Crippen LogP contribution >= 0.6 is 0 Å². The molecule has 1 saturated carbocycles. The van der Waals surface area contributed by atoms with Crippen LogP contribution in [0.4, 0.5) is 11.5 Å².